The molecule has 4 nitrogen and oxygen atoms in total. The van der Waals surface area contributed by atoms with E-state index in [-0.39, 0.29) is 24.8 Å². The molecule has 0 aliphatic heterocycles. The molecule has 1 N–H and O–H groups in total. The Bertz CT molecular complexity index is 680. The summed E-state index contributed by atoms with van der Waals surface area (Å²) in [7, 11) is 5.75. The number of benzene rings is 2. The molecule has 7 heteroatoms. The molecule has 0 amide bonds. The van der Waals surface area contributed by atoms with Crippen LogP contribution in [0.25, 0.3) is 0 Å². The van der Waals surface area contributed by atoms with Crippen molar-refractivity contribution in [2.45, 2.75) is 20.1 Å². The van der Waals surface area contributed by atoms with E-state index in [1.54, 1.807) is 7.11 Å². The van der Waals surface area contributed by atoms with E-state index in [2.05, 4.69) is 55.5 Å². The summed E-state index contributed by atoms with van der Waals surface area (Å²) in [6, 6.07) is 12.1. The van der Waals surface area contributed by atoms with Gasteiger partial charge < -0.3 is 19.7 Å². The van der Waals surface area contributed by atoms with Crippen molar-refractivity contribution in [2.75, 3.05) is 34.3 Å². The highest BCUT2D eigenvalue weighted by Gasteiger charge is 2.12. The second kappa shape index (κ2) is 13.1. The fraction of sp³-hybridized carbons (Fsp3) is 0.400. The summed E-state index contributed by atoms with van der Waals surface area (Å²) in [6.07, 6.45) is 0. The summed E-state index contributed by atoms with van der Waals surface area (Å²) in [5.74, 6) is 1.24. The number of likely N-dealkylation sites (N-methyl/N-ethyl adjacent to an activating group) is 1. The van der Waals surface area contributed by atoms with Crippen molar-refractivity contribution >= 4 is 36.4 Å². The molecule has 0 atom stereocenters. The molecular formula is C20H29Cl3N2O2. The highest BCUT2D eigenvalue weighted by atomic mass is 35.5. The minimum Gasteiger partial charge on any atom is -0.493 e. The van der Waals surface area contributed by atoms with E-state index in [9.17, 15) is 0 Å². The first-order valence-corrected chi connectivity index (χ1v) is 8.77. The van der Waals surface area contributed by atoms with Gasteiger partial charge in [-0.05, 0) is 44.3 Å². The number of nitrogens with one attached hydrogen (secondary N) is 1. The highest BCUT2D eigenvalue weighted by Crippen LogP contribution is 2.37. The SMILES string of the molecule is COc1cc(CNCCN(C)C)cc(Cl)c1OCc1ccc(C)cc1.Cl.Cl. The van der Waals surface area contributed by atoms with Crippen molar-refractivity contribution in [3.63, 3.8) is 0 Å². The van der Waals surface area contributed by atoms with Gasteiger partial charge in [-0.25, -0.2) is 0 Å². The largest absolute Gasteiger partial charge is 0.493 e. The van der Waals surface area contributed by atoms with Gasteiger partial charge in [0.1, 0.15) is 6.61 Å². The predicted molar refractivity (Wildman–Crippen MR) is 118 cm³/mol. The van der Waals surface area contributed by atoms with Crippen LogP contribution in [0, 0.1) is 6.92 Å². The Morgan fingerprint density at radius 1 is 1.04 bits per heavy atom. The molecule has 0 aromatic heterocycles. The van der Waals surface area contributed by atoms with Gasteiger partial charge in [0.2, 0.25) is 0 Å². The second-order valence-corrected chi connectivity index (χ2v) is 6.77. The number of rotatable bonds is 9. The molecule has 2 aromatic carbocycles. The fourth-order valence-electron chi connectivity index (χ4n) is 2.39. The summed E-state index contributed by atoms with van der Waals surface area (Å²) < 4.78 is 11.4. The van der Waals surface area contributed by atoms with Crippen LogP contribution in [0.5, 0.6) is 11.5 Å². The average Bonchev–Trinajstić information content (AvgIpc) is 2.58. The number of nitrogens with zero attached hydrogens (tertiary/aromatic N) is 1. The van der Waals surface area contributed by atoms with Gasteiger partial charge in [0.25, 0.3) is 0 Å². The number of hydrogen-bond donors (Lipinski definition) is 1. The molecule has 0 spiro atoms. The Balaban J connectivity index is 0.00000338. The zero-order valence-electron chi connectivity index (χ0n) is 16.3. The van der Waals surface area contributed by atoms with Gasteiger partial charge >= 0.3 is 0 Å². The Morgan fingerprint density at radius 3 is 2.30 bits per heavy atom. The van der Waals surface area contributed by atoms with Crippen molar-refractivity contribution in [2.24, 2.45) is 0 Å². The van der Waals surface area contributed by atoms with Gasteiger partial charge in [0.05, 0.1) is 12.1 Å². The lowest BCUT2D eigenvalue weighted by atomic mass is 10.1. The van der Waals surface area contributed by atoms with E-state index in [4.69, 9.17) is 21.1 Å². The van der Waals surface area contributed by atoms with Gasteiger partial charge in [-0.2, -0.15) is 0 Å². The third-order valence-electron chi connectivity index (χ3n) is 3.86. The Labute approximate surface area is 180 Å². The van der Waals surface area contributed by atoms with Crippen molar-refractivity contribution in [3.05, 3.63) is 58.1 Å². The predicted octanol–water partition coefficient (Wildman–Crippen LogP) is 4.73. The Hall–Kier alpha value is -1.17. The zero-order chi connectivity index (χ0) is 18.2. The summed E-state index contributed by atoms with van der Waals surface area (Å²) in [4.78, 5) is 2.14. The first kappa shape index (κ1) is 25.8. The quantitative estimate of drug-likeness (QED) is 0.577. The van der Waals surface area contributed by atoms with Gasteiger partial charge in [0.15, 0.2) is 11.5 Å². The van der Waals surface area contributed by atoms with Crippen molar-refractivity contribution in [3.8, 4) is 11.5 Å². The van der Waals surface area contributed by atoms with Gasteiger partial charge in [0, 0.05) is 19.6 Å². The van der Waals surface area contributed by atoms with Crippen LogP contribution in [0.1, 0.15) is 16.7 Å². The van der Waals surface area contributed by atoms with Crippen LogP contribution in [0.4, 0.5) is 0 Å². The molecule has 0 radical (unpaired) electrons. The molecule has 0 bridgehead atoms. The molecule has 0 heterocycles. The van der Waals surface area contributed by atoms with Crippen molar-refractivity contribution in [1.29, 1.82) is 0 Å². The summed E-state index contributed by atoms with van der Waals surface area (Å²) in [5, 5.41) is 3.96. The van der Waals surface area contributed by atoms with Gasteiger partial charge in [-0.1, -0.05) is 41.4 Å². The van der Waals surface area contributed by atoms with E-state index >= 15 is 0 Å². The molecule has 27 heavy (non-hydrogen) atoms. The maximum absolute atomic E-state index is 6.43. The van der Waals surface area contributed by atoms with Gasteiger partial charge in [-0.3, -0.25) is 0 Å². The van der Waals surface area contributed by atoms with E-state index in [1.165, 1.54) is 5.56 Å². The first-order valence-electron chi connectivity index (χ1n) is 8.40. The molecular weight excluding hydrogens is 407 g/mol. The average molecular weight is 436 g/mol. The highest BCUT2D eigenvalue weighted by molar-refractivity contribution is 6.32. The number of ether oxygens (including phenoxy) is 2. The van der Waals surface area contributed by atoms with Crippen LogP contribution in [-0.2, 0) is 13.2 Å². The maximum Gasteiger partial charge on any atom is 0.180 e. The van der Waals surface area contributed by atoms with Gasteiger partial charge in [-0.15, -0.1) is 24.8 Å². The normalized spacial score (nSPS) is 10.1. The minimum atomic E-state index is 0. The summed E-state index contributed by atoms with van der Waals surface area (Å²) in [5.41, 5.74) is 3.40. The third-order valence-corrected chi connectivity index (χ3v) is 4.14. The zero-order valence-corrected chi connectivity index (χ0v) is 18.6. The lowest BCUT2D eigenvalue weighted by molar-refractivity contribution is 0.284. The van der Waals surface area contributed by atoms with Crippen LogP contribution in [0.15, 0.2) is 36.4 Å². The third kappa shape index (κ3) is 8.58. The monoisotopic (exact) mass is 434 g/mol. The van der Waals surface area contributed by atoms with Crippen LogP contribution in [0.2, 0.25) is 5.02 Å². The van der Waals surface area contributed by atoms with Crippen molar-refractivity contribution < 1.29 is 9.47 Å². The smallest absolute Gasteiger partial charge is 0.180 e. The summed E-state index contributed by atoms with van der Waals surface area (Å²) in [6.45, 7) is 5.16. The minimum absolute atomic E-state index is 0. The molecule has 0 saturated carbocycles. The van der Waals surface area contributed by atoms with Crippen LogP contribution < -0.4 is 14.8 Å². The molecule has 152 valence electrons. The van der Waals surface area contributed by atoms with Crippen molar-refractivity contribution in [1.82, 2.24) is 10.2 Å². The molecule has 0 aliphatic carbocycles. The molecule has 0 aliphatic rings. The second-order valence-electron chi connectivity index (χ2n) is 6.36. The lowest BCUT2D eigenvalue weighted by Gasteiger charge is -2.15. The topological polar surface area (TPSA) is 33.7 Å². The number of methoxy groups -OCH3 is 1. The molecule has 2 rings (SSSR count). The van der Waals surface area contributed by atoms with E-state index in [0.717, 1.165) is 30.8 Å². The number of hydrogen-bond acceptors (Lipinski definition) is 4. The Morgan fingerprint density at radius 2 is 1.70 bits per heavy atom. The van der Waals surface area contributed by atoms with Crippen LogP contribution in [-0.4, -0.2) is 39.2 Å². The van der Waals surface area contributed by atoms with E-state index in [0.29, 0.717) is 23.1 Å². The van der Waals surface area contributed by atoms with E-state index < -0.39 is 0 Å². The van der Waals surface area contributed by atoms with Crippen LogP contribution >= 0.6 is 36.4 Å². The van der Waals surface area contributed by atoms with E-state index in [1.807, 2.05) is 12.1 Å². The maximum atomic E-state index is 6.43. The standard InChI is InChI=1S/C20H27ClN2O2.2ClH/c1-15-5-7-16(8-6-15)14-25-20-18(21)11-17(12-19(20)24-4)13-22-9-10-23(2)3;;/h5-8,11-12,22H,9-10,13-14H2,1-4H3;2*1H. The lowest BCUT2D eigenvalue weighted by Crippen LogP contribution is -2.26. The fourth-order valence-corrected chi connectivity index (χ4v) is 2.68. The molecule has 0 unspecified atom stereocenters. The Kier molecular flexibility index (Phi) is 12.5. The first-order chi connectivity index (χ1) is 12.0. The summed E-state index contributed by atoms with van der Waals surface area (Å²) >= 11 is 6.43. The molecule has 0 saturated heterocycles. The molecule has 2 aromatic rings. The van der Waals surface area contributed by atoms with Crippen LogP contribution in [0.3, 0.4) is 0 Å². The molecule has 0 fully saturated rings. The number of aryl methyl sites for hydroxylation is 1. The number of halogens is 3.